The lowest BCUT2D eigenvalue weighted by Gasteiger charge is -2.00. The molecule has 0 amide bonds. The topological polar surface area (TPSA) is 0 Å². The first-order valence-corrected chi connectivity index (χ1v) is 8.71. The van der Waals surface area contributed by atoms with Crippen molar-refractivity contribution in [3.05, 3.63) is 24.3 Å². The third-order valence-electron chi connectivity index (χ3n) is 3.49. The van der Waals surface area contributed by atoms with Crippen molar-refractivity contribution in [2.24, 2.45) is 0 Å². The average molecular weight is 264 g/mol. The smallest absolute Gasteiger partial charge is 0.0351 e. The number of rotatable bonds is 14. The molecule has 0 atom stereocenters. The summed E-state index contributed by atoms with van der Waals surface area (Å²) in [5.74, 6) is 0. The van der Waals surface area contributed by atoms with Gasteiger partial charge >= 0.3 is 0 Å². The zero-order chi connectivity index (χ0) is 14.0. The van der Waals surface area contributed by atoms with Gasteiger partial charge in [-0.3, -0.25) is 0 Å². The molecule has 0 aliphatic rings. The van der Waals surface area contributed by atoms with Crippen molar-refractivity contribution in [1.82, 2.24) is 0 Å². The minimum absolute atomic E-state index is 1.26. The van der Waals surface area contributed by atoms with Crippen LogP contribution in [0.3, 0.4) is 0 Å². The first kappa shape index (κ1) is 18.5. The summed E-state index contributed by atoms with van der Waals surface area (Å²) in [5, 5.41) is 0. The fourth-order valence-corrected chi connectivity index (χ4v) is 2.21. The molecular weight excluding hydrogens is 228 g/mol. The van der Waals surface area contributed by atoms with Crippen molar-refractivity contribution >= 4 is 0 Å². The predicted molar refractivity (Wildman–Crippen MR) is 89.6 cm³/mol. The van der Waals surface area contributed by atoms with Gasteiger partial charge in [-0.1, -0.05) is 83.1 Å². The Kier molecular flexibility index (Phi) is 17.0. The lowest BCUT2D eigenvalue weighted by atomic mass is 10.1. The van der Waals surface area contributed by atoms with E-state index in [0.717, 1.165) is 0 Å². The van der Waals surface area contributed by atoms with Crippen LogP contribution in [0.15, 0.2) is 24.3 Å². The Morgan fingerprint density at radius 2 is 0.737 bits per heavy atom. The van der Waals surface area contributed by atoms with Gasteiger partial charge in [0, 0.05) is 0 Å². The van der Waals surface area contributed by atoms with Crippen molar-refractivity contribution in [2.75, 3.05) is 0 Å². The quantitative estimate of drug-likeness (QED) is 0.230. The van der Waals surface area contributed by atoms with Gasteiger partial charge in [0.2, 0.25) is 0 Å². The summed E-state index contributed by atoms with van der Waals surface area (Å²) in [6, 6.07) is 0. The summed E-state index contributed by atoms with van der Waals surface area (Å²) < 4.78 is 0. The second kappa shape index (κ2) is 17.5. The van der Waals surface area contributed by atoms with E-state index in [1.165, 1.54) is 83.5 Å². The molecule has 0 rings (SSSR count). The van der Waals surface area contributed by atoms with Gasteiger partial charge in [-0.2, -0.15) is 0 Å². The van der Waals surface area contributed by atoms with Gasteiger partial charge < -0.3 is 0 Å². The third-order valence-corrected chi connectivity index (χ3v) is 3.49. The molecule has 0 bridgehead atoms. The zero-order valence-electron chi connectivity index (χ0n) is 13.5. The van der Waals surface area contributed by atoms with E-state index in [1.807, 2.05) is 0 Å². The highest BCUT2D eigenvalue weighted by Crippen LogP contribution is 2.10. The SMILES string of the molecule is CCC/C=C/CCCCCCCCC/C=C/CCC. The Bertz CT molecular complexity index is 178. The standard InChI is InChI=1S/C19H36/c1-3-5-7-9-11-13-15-17-19-18-16-14-12-10-8-6-4-2/h7-10H,3-6,11-19H2,1-2H3/b9-7+,10-8+. The summed E-state index contributed by atoms with van der Waals surface area (Å²) in [4.78, 5) is 0. The van der Waals surface area contributed by atoms with Crippen LogP contribution in [-0.4, -0.2) is 0 Å². The van der Waals surface area contributed by atoms with Gasteiger partial charge in [0.25, 0.3) is 0 Å². The van der Waals surface area contributed by atoms with E-state index >= 15 is 0 Å². The van der Waals surface area contributed by atoms with Crippen molar-refractivity contribution in [1.29, 1.82) is 0 Å². The summed E-state index contributed by atoms with van der Waals surface area (Å²) >= 11 is 0. The fourth-order valence-electron chi connectivity index (χ4n) is 2.21. The van der Waals surface area contributed by atoms with E-state index in [9.17, 15) is 0 Å². The van der Waals surface area contributed by atoms with Crippen LogP contribution in [0.5, 0.6) is 0 Å². The van der Waals surface area contributed by atoms with Gasteiger partial charge in [0.15, 0.2) is 0 Å². The molecule has 0 saturated heterocycles. The lowest BCUT2D eigenvalue weighted by Crippen LogP contribution is -1.80. The summed E-state index contributed by atoms with van der Waals surface area (Å²) in [6.45, 7) is 4.48. The zero-order valence-corrected chi connectivity index (χ0v) is 13.5. The molecule has 0 aromatic carbocycles. The first-order chi connectivity index (χ1) is 9.41. The highest BCUT2D eigenvalue weighted by molar-refractivity contribution is 4.81. The van der Waals surface area contributed by atoms with Crippen LogP contribution in [0, 0.1) is 0 Å². The van der Waals surface area contributed by atoms with Gasteiger partial charge in [-0.05, 0) is 38.5 Å². The Labute approximate surface area is 122 Å². The van der Waals surface area contributed by atoms with Crippen LogP contribution in [0.25, 0.3) is 0 Å². The molecule has 19 heavy (non-hydrogen) atoms. The summed E-state index contributed by atoms with van der Waals surface area (Å²) in [5.41, 5.74) is 0. The summed E-state index contributed by atoms with van der Waals surface area (Å²) in [6.07, 6.45) is 27.0. The minimum atomic E-state index is 1.26. The van der Waals surface area contributed by atoms with Crippen LogP contribution in [0.2, 0.25) is 0 Å². The van der Waals surface area contributed by atoms with Crippen LogP contribution in [0.4, 0.5) is 0 Å². The number of hydrogen-bond donors (Lipinski definition) is 0. The second-order valence-electron chi connectivity index (χ2n) is 5.57. The maximum absolute atomic E-state index is 2.37. The molecule has 0 nitrogen and oxygen atoms in total. The molecule has 0 spiro atoms. The van der Waals surface area contributed by atoms with Crippen LogP contribution >= 0.6 is 0 Å². The number of allylic oxidation sites excluding steroid dienone is 4. The highest BCUT2D eigenvalue weighted by atomic mass is 14.0. The van der Waals surface area contributed by atoms with E-state index in [1.54, 1.807) is 0 Å². The average Bonchev–Trinajstić information content (AvgIpc) is 2.43. The van der Waals surface area contributed by atoms with Crippen LogP contribution in [-0.2, 0) is 0 Å². The molecule has 0 aromatic heterocycles. The largest absolute Gasteiger partial charge is 0.0885 e. The van der Waals surface area contributed by atoms with E-state index < -0.39 is 0 Å². The molecule has 0 aromatic rings. The molecule has 0 heterocycles. The molecule has 112 valence electrons. The molecule has 0 radical (unpaired) electrons. The molecule has 0 aliphatic carbocycles. The Hall–Kier alpha value is -0.520. The fraction of sp³-hybridized carbons (Fsp3) is 0.789. The predicted octanol–water partition coefficient (Wildman–Crippen LogP) is 7.21. The van der Waals surface area contributed by atoms with E-state index in [2.05, 4.69) is 38.2 Å². The van der Waals surface area contributed by atoms with E-state index in [0.29, 0.717) is 0 Å². The Morgan fingerprint density at radius 3 is 1.11 bits per heavy atom. The van der Waals surface area contributed by atoms with Gasteiger partial charge in [0.05, 0.1) is 0 Å². The van der Waals surface area contributed by atoms with Gasteiger partial charge in [-0.15, -0.1) is 0 Å². The Balaban J connectivity index is 3.02. The van der Waals surface area contributed by atoms with Gasteiger partial charge in [0.1, 0.15) is 0 Å². The molecule has 0 unspecified atom stereocenters. The second-order valence-corrected chi connectivity index (χ2v) is 5.57. The molecular formula is C19H36. The summed E-state index contributed by atoms with van der Waals surface area (Å²) in [7, 11) is 0. The first-order valence-electron chi connectivity index (χ1n) is 8.71. The van der Waals surface area contributed by atoms with Crippen molar-refractivity contribution < 1.29 is 0 Å². The van der Waals surface area contributed by atoms with Crippen LogP contribution < -0.4 is 0 Å². The monoisotopic (exact) mass is 264 g/mol. The maximum Gasteiger partial charge on any atom is -0.0351 e. The molecule has 0 aliphatic heterocycles. The van der Waals surface area contributed by atoms with E-state index in [4.69, 9.17) is 0 Å². The maximum atomic E-state index is 2.37. The highest BCUT2D eigenvalue weighted by Gasteiger charge is 1.90. The lowest BCUT2D eigenvalue weighted by molar-refractivity contribution is 0.583. The van der Waals surface area contributed by atoms with Gasteiger partial charge in [-0.25, -0.2) is 0 Å². The number of hydrogen-bond acceptors (Lipinski definition) is 0. The van der Waals surface area contributed by atoms with Crippen molar-refractivity contribution in [3.8, 4) is 0 Å². The van der Waals surface area contributed by atoms with Crippen molar-refractivity contribution in [2.45, 2.75) is 97.3 Å². The Morgan fingerprint density at radius 1 is 0.421 bits per heavy atom. The third kappa shape index (κ3) is 17.5. The molecule has 0 saturated carbocycles. The van der Waals surface area contributed by atoms with Crippen LogP contribution in [0.1, 0.15) is 97.3 Å². The van der Waals surface area contributed by atoms with Crippen molar-refractivity contribution in [3.63, 3.8) is 0 Å². The molecule has 0 heteroatoms. The number of unbranched alkanes of at least 4 members (excludes halogenated alkanes) is 10. The van der Waals surface area contributed by atoms with E-state index in [-0.39, 0.29) is 0 Å². The normalized spacial score (nSPS) is 11.9. The molecule has 0 N–H and O–H groups in total. The molecule has 0 fully saturated rings. The minimum Gasteiger partial charge on any atom is -0.0885 e.